The number of nitrogens with two attached hydrogens (primary N) is 2. The number of benzene rings is 3. The molecule has 0 bridgehead atoms. The molecule has 490 valence electrons. The third-order valence-electron chi connectivity index (χ3n) is 15.1. The highest BCUT2D eigenvalue weighted by molar-refractivity contribution is 5.97. The van der Waals surface area contributed by atoms with Crippen molar-refractivity contribution in [2.45, 2.75) is 174 Å². The predicted molar refractivity (Wildman–Crippen MR) is 349 cm³/mol. The summed E-state index contributed by atoms with van der Waals surface area (Å²) in [6, 6.07) is 18.0. The van der Waals surface area contributed by atoms with Crippen molar-refractivity contribution in [2.24, 2.45) is 39.2 Å². The van der Waals surface area contributed by atoms with Crippen LogP contribution in [0.2, 0.25) is 0 Å². The Morgan fingerprint density at radius 1 is 0.663 bits per heavy atom. The molecular weight excluding hydrogens is 1130 g/mol. The summed E-state index contributed by atoms with van der Waals surface area (Å²) >= 11 is 0. The topological polar surface area (TPSA) is 324 Å². The molecule has 0 aliphatic rings. The van der Waals surface area contributed by atoms with Gasteiger partial charge in [-0.3, -0.25) is 48.3 Å². The molecule has 89 heavy (non-hydrogen) atoms. The zero-order chi connectivity index (χ0) is 65.9. The van der Waals surface area contributed by atoms with Gasteiger partial charge in [0, 0.05) is 83.1 Å². The maximum absolute atomic E-state index is 15.0. The van der Waals surface area contributed by atoms with Crippen LogP contribution in [0.1, 0.15) is 143 Å². The number of hydrogen-bond donors (Lipinski definition) is 8. The van der Waals surface area contributed by atoms with Crippen LogP contribution in [0.5, 0.6) is 5.75 Å². The minimum atomic E-state index is -1.15. The zero-order valence-electron chi connectivity index (χ0n) is 54.1. The van der Waals surface area contributed by atoms with Gasteiger partial charge in [-0.15, -0.1) is 0 Å². The van der Waals surface area contributed by atoms with Gasteiger partial charge in [-0.2, -0.15) is 0 Å². The van der Waals surface area contributed by atoms with Gasteiger partial charge in [0.15, 0.2) is 29.3 Å². The summed E-state index contributed by atoms with van der Waals surface area (Å²) < 4.78 is 11.1. The Kier molecular flexibility index (Phi) is 34.3. The van der Waals surface area contributed by atoms with E-state index in [0.29, 0.717) is 50.7 Å². The molecular formula is C67H101N11O11. The molecule has 22 nitrogen and oxygen atoms in total. The van der Waals surface area contributed by atoms with Crippen LogP contribution in [0.15, 0.2) is 89.4 Å². The quantitative estimate of drug-likeness (QED) is 0.00835. The molecule has 4 amide bonds. The number of unbranched alkanes of at least 4 members (excludes halogenated alkanes) is 1. The monoisotopic (exact) mass is 1240 g/mol. The van der Waals surface area contributed by atoms with E-state index < -0.39 is 89.7 Å². The van der Waals surface area contributed by atoms with Crippen molar-refractivity contribution < 1.29 is 52.6 Å². The average Bonchev–Trinajstić information content (AvgIpc) is 2.38. The molecule has 0 fully saturated rings. The highest BCUT2D eigenvalue weighted by atomic mass is 16.5. The Morgan fingerprint density at radius 2 is 1.27 bits per heavy atom. The third kappa shape index (κ3) is 30.2. The number of nitrogens with one attached hydrogen (secondary N) is 6. The lowest BCUT2D eigenvalue weighted by molar-refractivity contribution is -0.143. The minimum absolute atomic E-state index is 0.0556. The van der Waals surface area contributed by atoms with Crippen molar-refractivity contribution in [3.63, 3.8) is 0 Å². The normalized spacial score (nSPS) is 13.9. The Labute approximate surface area is 526 Å². The van der Waals surface area contributed by atoms with E-state index in [9.17, 15) is 38.4 Å². The molecule has 3 aromatic rings. The third-order valence-corrected chi connectivity index (χ3v) is 15.1. The standard InChI is InChI=1S/C67H101N11O11/c1-11-19-60(83)76-57(39-46-26-30-55(31-27-46)89-67(5,6)7)59(82)41-50(22-15-16-35-78(10)45(3)4)64(87)77-56(24-18-34-73-66(69)71-9)58(81)42-52(38-47-25-28-48-20-13-14-21-49(48)37-47)62(85)74-43-54(80)40-51(29-32-61(84)88-36-12-2)63(86)75-53(44-79)23-17-33-72-65(68)70-8/h12-14,20-21,25-28,30-31,37,44-45,50-53,56-57H,2,11,15-19,22-24,29,32-36,38-43H2,1,3-10H3,(H,74,85)(H,75,86)(H,76,83)(H,77,87)(H3,68,70,72)(H3,69,71,73)/t50-,51+,52-,53+,56-,57+/m1/s1. The number of hydrogen-bond acceptors (Lipinski definition) is 14. The van der Waals surface area contributed by atoms with Crippen LogP contribution in [0.25, 0.3) is 10.8 Å². The first-order chi connectivity index (χ1) is 42.4. The number of guanidine groups is 2. The second kappa shape index (κ2) is 40.5. The second-order valence-electron chi connectivity index (χ2n) is 24.0. The predicted octanol–water partition coefficient (Wildman–Crippen LogP) is 5.75. The fraction of sp³-hybridized carbons (Fsp3) is 0.567. The van der Waals surface area contributed by atoms with Crippen LogP contribution in [0.3, 0.4) is 0 Å². The van der Waals surface area contributed by atoms with E-state index in [0.717, 1.165) is 34.9 Å². The number of rotatable bonds is 43. The molecule has 0 radical (unpaired) electrons. The van der Waals surface area contributed by atoms with Crippen LogP contribution >= 0.6 is 0 Å². The lowest BCUT2D eigenvalue weighted by atomic mass is 9.88. The van der Waals surface area contributed by atoms with E-state index in [2.05, 4.69) is 67.2 Å². The number of fused-ring (bicyclic) bond motifs is 1. The lowest BCUT2D eigenvalue weighted by Gasteiger charge is -2.26. The molecule has 0 aromatic heterocycles. The Balaban J connectivity index is 2.01. The summed E-state index contributed by atoms with van der Waals surface area (Å²) in [5.74, 6) is -6.16. The molecule has 0 saturated carbocycles. The largest absolute Gasteiger partial charge is 0.488 e. The highest BCUT2D eigenvalue weighted by Gasteiger charge is 2.33. The summed E-state index contributed by atoms with van der Waals surface area (Å²) in [7, 11) is 5.06. The number of aliphatic imine (C=N–C) groups is 2. The van der Waals surface area contributed by atoms with Gasteiger partial charge in [0.2, 0.25) is 23.6 Å². The first-order valence-electron chi connectivity index (χ1n) is 31.2. The molecule has 0 spiro atoms. The summed E-state index contributed by atoms with van der Waals surface area (Å²) in [5, 5.41) is 19.1. The maximum Gasteiger partial charge on any atom is 0.306 e. The molecule has 0 heterocycles. The van der Waals surface area contributed by atoms with Crippen molar-refractivity contribution in [1.82, 2.24) is 36.8 Å². The first-order valence-corrected chi connectivity index (χ1v) is 31.2. The zero-order valence-corrected chi connectivity index (χ0v) is 54.1. The number of carbonyl (C=O) groups is 9. The van der Waals surface area contributed by atoms with Gasteiger partial charge in [0.1, 0.15) is 24.2 Å². The summed E-state index contributed by atoms with van der Waals surface area (Å²) in [4.78, 5) is 135. The van der Waals surface area contributed by atoms with Crippen molar-refractivity contribution in [2.75, 3.05) is 53.9 Å². The molecule has 0 aliphatic heterocycles. The molecule has 0 aliphatic carbocycles. The van der Waals surface area contributed by atoms with E-state index in [1.54, 1.807) is 0 Å². The van der Waals surface area contributed by atoms with Crippen molar-refractivity contribution in [3.05, 3.63) is 90.5 Å². The van der Waals surface area contributed by atoms with Gasteiger partial charge in [0.25, 0.3) is 0 Å². The number of carbonyl (C=O) groups excluding carboxylic acids is 9. The fourth-order valence-corrected chi connectivity index (χ4v) is 9.85. The van der Waals surface area contributed by atoms with Crippen LogP contribution in [0.4, 0.5) is 0 Å². The number of Topliss-reactive ketones (excluding diaryl/α,β-unsaturated/α-hetero) is 3. The molecule has 3 aromatic carbocycles. The molecule has 10 N–H and O–H groups in total. The van der Waals surface area contributed by atoms with Gasteiger partial charge in [-0.25, -0.2) is 0 Å². The number of ether oxygens (including phenoxy) is 2. The molecule has 3 rings (SSSR count). The van der Waals surface area contributed by atoms with Crippen LogP contribution < -0.4 is 48.1 Å². The smallest absolute Gasteiger partial charge is 0.306 e. The highest BCUT2D eigenvalue weighted by Crippen LogP contribution is 2.25. The van der Waals surface area contributed by atoms with Crippen LogP contribution in [-0.2, 0) is 60.7 Å². The van der Waals surface area contributed by atoms with E-state index in [4.69, 9.17) is 20.9 Å². The minimum Gasteiger partial charge on any atom is -0.488 e. The second-order valence-corrected chi connectivity index (χ2v) is 24.0. The van der Waals surface area contributed by atoms with Gasteiger partial charge in [0.05, 0.1) is 24.7 Å². The SMILES string of the molecule is C=CCOC(=O)CC[C@@H](CC(=O)CNC(=O)[C@@H](CC(=O)[C@@H](CCCNC(N)=NC)NC(=O)[C@H](CCCCN(C)C(C)C)CC(=O)[C@H](Cc1ccc(OC(C)(C)C)cc1)NC(=O)CCC)Cc1ccc2ccccc2c1)C(=O)N[C@H](C=O)CCCNC(N)=NC. The Morgan fingerprint density at radius 3 is 1.89 bits per heavy atom. The van der Waals surface area contributed by atoms with Crippen LogP contribution in [-0.4, -0.2) is 154 Å². The van der Waals surface area contributed by atoms with E-state index >= 15 is 4.79 Å². The summed E-state index contributed by atoms with van der Waals surface area (Å²) in [6.45, 7) is 16.2. The van der Waals surface area contributed by atoms with Gasteiger partial charge < -0.3 is 62.5 Å². The Bertz CT molecular complexity index is 2830. The number of ketones is 3. The number of aldehydes is 1. The van der Waals surface area contributed by atoms with Gasteiger partial charge in [-0.05, 0) is 146 Å². The van der Waals surface area contributed by atoms with Gasteiger partial charge >= 0.3 is 5.97 Å². The number of amides is 4. The van der Waals surface area contributed by atoms with E-state index in [1.165, 1.54) is 20.2 Å². The van der Waals surface area contributed by atoms with Crippen molar-refractivity contribution in [3.8, 4) is 5.75 Å². The van der Waals surface area contributed by atoms with Crippen molar-refractivity contribution in [1.29, 1.82) is 0 Å². The number of esters is 1. The fourth-order valence-electron chi connectivity index (χ4n) is 9.85. The maximum atomic E-state index is 15.0. The molecule has 6 atom stereocenters. The summed E-state index contributed by atoms with van der Waals surface area (Å²) in [6.07, 6.45) is 4.30. The average molecular weight is 1240 g/mol. The summed E-state index contributed by atoms with van der Waals surface area (Å²) in [5.41, 5.74) is 12.7. The van der Waals surface area contributed by atoms with E-state index in [-0.39, 0.29) is 101 Å². The van der Waals surface area contributed by atoms with Gasteiger partial charge in [-0.1, -0.05) is 80.6 Å². The lowest BCUT2D eigenvalue weighted by Crippen LogP contribution is -2.48. The molecule has 0 saturated heterocycles. The van der Waals surface area contributed by atoms with Crippen molar-refractivity contribution >= 4 is 75.9 Å². The Hall–Kier alpha value is -8.01. The molecule has 22 heteroatoms. The van der Waals surface area contributed by atoms with E-state index in [1.807, 2.05) is 101 Å². The first kappa shape index (κ1) is 75.2. The number of nitrogens with zero attached hydrogens (tertiary/aromatic N) is 3. The molecule has 0 unspecified atom stereocenters. The van der Waals surface area contributed by atoms with Crippen LogP contribution in [0, 0.1) is 17.8 Å².